The van der Waals surface area contributed by atoms with E-state index < -0.39 is 21.9 Å². The zero-order valence-electron chi connectivity index (χ0n) is 22.3. The summed E-state index contributed by atoms with van der Waals surface area (Å²) in [5.41, 5.74) is 1.10. The molecule has 2 aromatic rings. The Morgan fingerprint density at radius 1 is 1.05 bits per heavy atom. The fraction of sp³-hybridized carbons (Fsp3) is 0.481. The first-order chi connectivity index (χ1) is 18.0. The third-order valence-electron chi connectivity index (χ3n) is 6.05. The van der Waals surface area contributed by atoms with E-state index in [1.807, 2.05) is 20.8 Å². The second kappa shape index (κ2) is 12.9. The van der Waals surface area contributed by atoms with Gasteiger partial charge in [-0.05, 0) is 56.5 Å². The summed E-state index contributed by atoms with van der Waals surface area (Å²) in [6.07, 6.45) is 1.74. The number of ether oxygens (including phenoxy) is 2. The Bertz CT molecular complexity index is 1220. The second-order valence-corrected chi connectivity index (χ2v) is 11.4. The minimum Gasteiger partial charge on any atom is -0.486 e. The normalized spacial score (nSPS) is 13.6. The van der Waals surface area contributed by atoms with Gasteiger partial charge in [-0.2, -0.15) is 0 Å². The van der Waals surface area contributed by atoms with Gasteiger partial charge in [0.15, 0.2) is 11.5 Å². The van der Waals surface area contributed by atoms with Crippen molar-refractivity contribution in [1.82, 2.24) is 10.2 Å². The third kappa shape index (κ3) is 7.83. The van der Waals surface area contributed by atoms with E-state index in [0.717, 1.165) is 6.26 Å². The molecule has 0 aliphatic carbocycles. The van der Waals surface area contributed by atoms with Crippen LogP contribution in [0.2, 0.25) is 0 Å². The van der Waals surface area contributed by atoms with Crippen LogP contribution in [0.15, 0.2) is 42.5 Å². The van der Waals surface area contributed by atoms with Gasteiger partial charge in [0.05, 0.1) is 11.9 Å². The van der Waals surface area contributed by atoms with Crippen LogP contribution >= 0.6 is 0 Å². The maximum Gasteiger partial charge on any atom is 0.243 e. The number of carbonyl (C=O) groups excluding carboxylic acids is 2. The number of anilines is 1. The highest BCUT2D eigenvalue weighted by atomic mass is 32.2. The Morgan fingerprint density at radius 2 is 1.71 bits per heavy atom. The van der Waals surface area contributed by atoms with Crippen molar-refractivity contribution in [2.75, 3.05) is 30.3 Å². The number of hydrogen-bond acceptors (Lipinski definition) is 6. The van der Waals surface area contributed by atoms with E-state index in [1.54, 1.807) is 30.3 Å². The number of nitrogens with zero attached hydrogens (tertiary/aromatic N) is 2. The number of amides is 2. The van der Waals surface area contributed by atoms with Crippen molar-refractivity contribution in [3.8, 4) is 11.5 Å². The molecule has 208 valence electrons. The number of benzene rings is 2. The van der Waals surface area contributed by atoms with Crippen LogP contribution in [0, 0.1) is 5.82 Å². The van der Waals surface area contributed by atoms with Crippen molar-refractivity contribution in [1.29, 1.82) is 0 Å². The molecule has 0 saturated heterocycles. The van der Waals surface area contributed by atoms with Crippen molar-refractivity contribution in [3.05, 3.63) is 53.8 Å². The van der Waals surface area contributed by atoms with Gasteiger partial charge in [0.25, 0.3) is 0 Å². The van der Waals surface area contributed by atoms with Crippen LogP contribution in [0.25, 0.3) is 0 Å². The molecule has 0 spiro atoms. The topological polar surface area (TPSA) is 105 Å². The fourth-order valence-electron chi connectivity index (χ4n) is 4.28. The van der Waals surface area contributed by atoms with Gasteiger partial charge in [-0.3, -0.25) is 13.9 Å². The third-order valence-corrected chi connectivity index (χ3v) is 7.24. The Kier molecular flexibility index (Phi) is 9.96. The Morgan fingerprint density at radius 3 is 2.32 bits per heavy atom. The summed E-state index contributed by atoms with van der Waals surface area (Å²) in [6.45, 7) is 6.49. The van der Waals surface area contributed by atoms with E-state index >= 15 is 0 Å². The Hall–Kier alpha value is -3.34. The Labute approximate surface area is 224 Å². The van der Waals surface area contributed by atoms with E-state index in [2.05, 4.69) is 5.32 Å². The molecule has 2 aromatic carbocycles. The van der Waals surface area contributed by atoms with Crippen molar-refractivity contribution in [2.45, 2.75) is 58.7 Å². The van der Waals surface area contributed by atoms with Crippen molar-refractivity contribution >= 4 is 27.5 Å². The van der Waals surface area contributed by atoms with Gasteiger partial charge in [0.2, 0.25) is 21.8 Å². The monoisotopic (exact) mass is 549 g/mol. The minimum absolute atomic E-state index is 0.0171. The summed E-state index contributed by atoms with van der Waals surface area (Å²) < 4.78 is 51.0. The van der Waals surface area contributed by atoms with E-state index in [0.29, 0.717) is 42.4 Å². The molecule has 0 radical (unpaired) electrons. The fourth-order valence-corrected chi connectivity index (χ4v) is 5.24. The molecule has 38 heavy (non-hydrogen) atoms. The van der Waals surface area contributed by atoms with E-state index in [-0.39, 0.29) is 43.8 Å². The predicted molar refractivity (Wildman–Crippen MR) is 143 cm³/mol. The number of hydrogen-bond donors (Lipinski definition) is 1. The van der Waals surface area contributed by atoms with Crippen LogP contribution < -0.4 is 19.1 Å². The molecule has 1 N–H and O–H groups in total. The molecule has 1 aliphatic heterocycles. The van der Waals surface area contributed by atoms with Gasteiger partial charge in [0.1, 0.15) is 25.1 Å². The first kappa shape index (κ1) is 29.2. The predicted octanol–water partition coefficient (Wildman–Crippen LogP) is 3.48. The van der Waals surface area contributed by atoms with E-state index in [1.165, 1.54) is 21.3 Å². The van der Waals surface area contributed by atoms with Crippen molar-refractivity contribution < 1.29 is 31.9 Å². The van der Waals surface area contributed by atoms with Crippen LogP contribution in [-0.4, -0.2) is 63.2 Å². The van der Waals surface area contributed by atoms with Crippen LogP contribution in [0.1, 0.15) is 45.6 Å². The van der Waals surface area contributed by atoms with Gasteiger partial charge >= 0.3 is 0 Å². The lowest BCUT2D eigenvalue weighted by atomic mass is 10.1. The highest BCUT2D eigenvalue weighted by Crippen LogP contribution is 2.34. The van der Waals surface area contributed by atoms with Gasteiger partial charge in [-0.1, -0.05) is 19.1 Å². The van der Waals surface area contributed by atoms with Gasteiger partial charge in [-0.25, -0.2) is 12.8 Å². The molecule has 1 unspecified atom stereocenters. The number of sulfonamides is 1. The number of halogens is 1. The zero-order chi connectivity index (χ0) is 27.9. The molecule has 2 amide bonds. The number of rotatable bonds is 12. The highest BCUT2D eigenvalue weighted by Gasteiger charge is 2.29. The van der Waals surface area contributed by atoms with E-state index in [4.69, 9.17) is 9.47 Å². The molecule has 0 aromatic heterocycles. The Balaban J connectivity index is 1.76. The summed E-state index contributed by atoms with van der Waals surface area (Å²) in [5, 5.41) is 2.86. The summed E-state index contributed by atoms with van der Waals surface area (Å²) in [5.74, 6) is 0.0511. The smallest absolute Gasteiger partial charge is 0.243 e. The average molecular weight is 550 g/mol. The molecule has 0 saturated carbocycles. The summed E-state index contributed by atoms with van der Waals surface area (Å²) >= 11 is 0. The standard InChI is InChI=1S/C27H36FN3O6S/c1-5-23(27(33)29-19(2)3)30(18-20-8-10-21(28)11-9-20)26(32)7-6-14-31(38(4,34)35)22-12-13-24-25(17-22)37-16-15-36-24/h8-13,17,19,23H,5-7,14-16,18H2,1-4H3,(H,29,33). The lowest BCUT2D eigenvalue weighted by Crippen LogP contribution is -2.50. The largest absolute Gasteiger partial charge is 0.486 e. The zero-order valence-corrected chi connectivity index (χ0v) is 23.1. The molecule has 11 heteroatoms. The lowest BCUT2D eigenvalue weighted by molar-refractivity contribution is -0.141. The van der Waals surface area contributed by atoms with E-state index in [9.17, 15) is 22.4 Å². The highest BCUT2D eigenvalue weighted by molar-refractivity contribution is 7.92. The molecule has 9 nitrogen and oxygen atoms in total. The number of carbonyl (C=O) groups is 2. The summed E-state index contributed by atoms with van der Waals surface area (Å²) in [6, 6.07) is 9.87. The molecular formula is C27H36FN3O6S. The van der Waals surface area contributed by atoms with Gasteiger partial charge < -0.3 is 19.7 Å². The van der Waals surface area contributed by atoms with Crippen LogP contribution in [0.3, 0.4) is 0 Å². The molecule has 1 aliphatic rings. The first-order valence-corrected chi connectivity index (χ1v) is 14.6. The van der Waals surface area contributed by atoms with Crippen LogP contribution in [-0.2, 0) is 26.2 Å². The first-order valence-electron chi connectivity index (χ1n) is 12.7. The van der Waals surface area contributed by atoms with Crippen molar-refractivity contribution in [3.63, 3.8) is 0 Å². The SMILES string of the molecule is CCC(C(=O)NC(C)C)N(Cc1ccc(F)cc1)C(=O)CCCN(c1ccc2c(c1)OCCO2)S(C)(=O)=O. The maximum absolute atomic E-state index is 13.4. The second-order valence-electron chi connectivity index (χ2n) is 9.50. The molecule has 0 bridgehead atoms. The van der Waals surface area contributed by atoms with Crippen molar-refractivity contribution in [2.24, 2.45) is 0 Å². The minimum atomic E-state index is -3.65. The maximum atomic E-state index is 13.4. The molecule has 3 rings (SSSR count). The number of fused-ring (bicyclic) bond motifs is 1. The summed E-state index contributed by atoms with van der Waals surface area (Å²) in [4.78, 5) is 27.8. The number of nitrogens with one attached hydrogen (secondary N) is 1. The average Bonchev–Trinajstić information content (AvgIpc) is 2.86. The van der Waals surface area contributed by atoms with Crippen LogP contribution in [0.4, 0.5) is 10.1 Å². The molecule has 1 atom stereocenters. The summed E-state index contributed by atoms with van der Waals surface area (Å²) in [7, 11) is -3.65. The molecule has 0 fully saturated rings. The molecule has 1 heterocycles. The molecular weight excluding hydrogens is 513 g/mol. The lowest BCUT2D eigenvalue weighted by Gasteiger charge is -2.31. The van der Waals surface area contributed by atoms with Gasteiger partial charge in [0, 0.05) is 31.6 Å². The quantitative estimate of drug-likeness (QED) is 0.435. The van der Waals surface area contributed by atoms with Gasteiger partial charge in [-0.15, -0.1) is 0 Å². The van der Waals surface area contributed by atoms with Crippen LogP contribution in [0.5, 0.6) is 11.5 Å².